The molecule has 1 unspecified atom stereocenters. The molecular weight excluding hydrogens is 348 g/mol. The first-order valence-corrected chi connectivity index (χ1v) is 11.4. The summed E-state index contributed by atoms with van der Waals surface area (Å²) in [6, 6.07) is 7.85. The standard InChI is InChI=1S/C25H42O3/c1-3-5-6-7-8-9-10-11-12-13-16-20-27-21-24(26)22-28-25-19-15-14-18-23(25)17-4-2/h4,14-15,17-19,24,26H,3,5-13,16,20-22H2,1-2H3. The van der Waals surface area contributed by atoms with Crippen LogP contribution in [0.5, 0.6) is 5.75 Å². The maximum atomic E-state index is 10.0. The van der Waals surface area contributed by atoms with E-state index in [0.29, 0.717) is 6.61 Å². The number of rotatable bonds is 18. The van der Waals surface area contributed by atoms with Crippen LogP contribution >= 0.6 is 0 Å². The van der Waals surface area contributed by atoms with Crippen LogP contribution < -0.4 is 4.74 Å². The number of allylic oxidation sites excluding steroid dienone is 1. The van der Waals surface area contributed by atoms with Gasteiger partial charge >= 0.3 is 0 Å². The molecule has 0 aromatic heterocycles. The average Bonchev–Trinajstić information content (AvgIpc) is 2.71. The van der Waals surface area contributed by atoms with Gasteiger partial charge in [-0.25, -0.2) is 0 Å². The molecule has 3 heteroatoms. The molecule has 0 heterocycles. The summed E-state index contributed by atoms with van der Waals surface area (Å²) in [4.78, 5) is 0. The Morgan fingerprint density at radius 3 is 2.11 bits per heavy atom. The minimum Gasteiger partial charge on any atom is -0.490 e. The molecule has 3 nitrogen and oxygen atoms in total. The van der Waals surface area contributed by atoms with Crippen molar-refractivity contribution in [3.63, 3.8) is 0 Å². The number of para-hydroxylation sites is 1. The van der Waals surface area contributed by atoms with Crippen molar-refractivity contribution >= 4 is 6.08 Å². The van der Waals surface area contributed by atoms with Gasteiger partial charge in [0.2, 0.25) is 0 Å². The van der Waals surface area contributed by atoms with E-state index >= 15 is 0 Å². The number of unbranched alkanes of at least 4 members (excludes halogenated alkanes) is 10. The highest BCUT2D eigenvalue weighted by Crippen LogP contribution is 2.19. The highest BCUT2D eigenvalue weighted by molar-refractivity contribution is 5.56. The number of ether oxygens (including phenoxy) is 2. The van der Waals surface area contributed by atoms with Crippen LogP contribution in [0.4, 0.5) is 0 Å². The molecular formula is C25H42O3. The first kappa shape index (κ1) is 24.7. The van der Waals surface area contributed by atoms with Crippen molar-refractivity contribution in [2.24, 2.45) is 0 Å². The van der Waals surface area contributed by atoms with Gasteiger partial charge in [-0.05, 0) is 19.4 Å². The highest BCUT2D eigenvalue weighted by Gasteiger charge is 2.07. The molecule has 0 bridgehead atoms. The fourth-order valence-electron chi connectivity index (χ4n) is 3.25. The molecule has 0 saturated heterocycles. The van der Waals surface area contributed by atoms with Gasteiger partial charge in [-0.1, -0.05) is 101 Å². The molecule has 28 heavy (non-hydrogen) atoms. The Morgan fingerprint density at radius 2 is 1.46 bits per heavy atom. The molecule has 0 amide bonds. The van der Waals surface area contributed by atoms with E-state index in [9.17, 15) is 5.11 Å². The maximum absolute atomic E-state index is 10.0. The van der Waals surface area contributed by atoms with E-state index in [1.807, 2.05) is 43.3 Å². The second kappa shape index (κ2) is 17.8. The van der Waals surface area contributed by atoms with Gasteiger partial charge in [-0.2, -0.15) is 0 Å². The minimum absolute atomic E-state index is 0.257. The van der Waals surface area contributed by atoms with Crippen LogP contribution in [0, 0.1) is 0 Å². The summed E-state index contributed by atoms with van der Waals surface area (Å²) in [5.74, 6) is 0.796. The van der Waals surface area contributed by atoms with E-state index in [0.717, 1.165) is 24.3 Å². The van der Waals surface area contributed by atoms with Gasteiger partial charge in [0, 0.05) is 12.2 Å². The third-order valence-electron chi connectivity index (χ3n) is 4.90. The van der Waals surface area contributed by atoms with Crippen LogP contribution in [-0.4, -0.2) is 31.0 Å². The summed E-state index contributed by atoms with van der Waals surface area (Å²) in [6.45, 7) is 5.57. The summed E-state index contributed by atoms with van der Waals surface area (Å²) < 4.78 is 11.3. The lowest BCUT2D eigenvalue weighted by Gasteiger charge is -2.14. The van der Waals surface area contributed by atoms with Crippen LogP contribution in [-0.2, 0) is 4.74 Å². The first-order chi connectivity index (χ1) is 13.8. The molecule has 0 aliphatic heterocycles. The summed E-state index contributed by atoms with van der Waals surface area (Å²) >= 11 is 0. The third kappa shape index (κ3) is 13.0. The normalized spacial score (nSPS) is 12.5. The number of aliphatic hydroxyl groups is 1. The number of benzene rings is 1. The summed E-state index contributed by atoms with van der Waals surface area (Å²) in [5.41, 5.74) is 1.03. The van der Waals surface area contributed by atoms with E-state index in [2.05, 4.69) is 6.92 Å². The Morgan fingerprint density at radius 1 is 0.857 bits per heavy atom. The minimum atomic E-state index is -0.591. The predicted molar refractivity (Wildman–Crippen MR) is 120 cm³/mol. The lowest BCUT2D eigenvalue weighted by molar-refractivity contribution is 0.0109. The zero-order valence-corrected chi connectivity index (χ0v) is 18.2. The van der Waals surface area contributed by atoms with Gasteiger partial charge in [-0.15, -0.1) is 0 Å². The Labute approximate surface area is 173 Å². The molecule has 0 fully saturated rings. The van der Waals surface area contributed by atoms with E-state index in [-0.39, 0.29) is 6.61 Å². The fourth-order valence-corrected chi connectivity index (χ4v) is 3.25. The molecule has 160 valence electrons. The summed E-state index contributed by atoms with van der Waals surface area (Å²) in [7, 11) is 0. The number of hydrogen-bond donors (Lipinski definition) is 1. The quantitative estimate of drug-likeness (QED) is 0.281. The molecule has 0 radical (unpaired) electrons. The molecule has 1 atom stereocenters. The van der Waals surface area contributed by atoms with Gasteiger partial charge in [0.25, 0.3) is 0 Å². The van der Waals surface area contributed by atoms with Crippen LogP contribution in [0.15, 0.2) is 30.3 Å². The third-order valence-corrected chi connectivity index (χ3v) is 4.90. The van der Waals surface area contributed by atoms with Gasteiger partial charge in [0.15, 0.2) is 0 Å². The number of hydrogen-bond acceptors (Lipinski definition) is 3. The van der Waals surface area contributed by atoms with Gasteiger partial charge in [0.1, 0.15) is 18.5 Å². The van der Waals surface area contributed by atoms with E-state index in [1.54, 1.807) is 0 Å². The maximum Gasteiger partial charge on any atom is 0.126 e. The SMILES string of the molecule is CC=Cc1ccccc1OCC(O)COCCCCCCCCCCCCC. The van der Waals surface area contributed by atoms with Gasteiger partial charge in [-0.3, -0.25) is 0 Å². The Bertz CT molecular complexity index is 498. The average molecular weight is 391 g/mol. The molecule has 0 spiro atoms. The monoisotopic (exact) mass is 390 g/mol. The van der Waals surface area contributed by atoms with Crippen LogP contribution in [0.3, 0.4) is 0 Å². The largest absolute Gasteiger partial charge is 0.490 e. The Kier molecular flexibility index (Phi) is 15.7. The van der Waals surface area contributed by atoms with Crippen LogP contribution in [0.2, 0.25) is 0 Å². The summed E-state index contributed by atoms with van der Waals surface area (Å²) in [6.07, 6.45) is 18.0. The van der Waals surface area contributed by atoms with Crippen molar-refractivity contribution in [2.45, 2.75) is 90.6 Å². The summed E-state index contributed by atoms with van der Waals surface area (Å²) in [5, 5.41) is 10.0. The predicted octanol–water partition coefficient (Wildman–Crippen LogP) is 6.79. The van der Waals surface area contributed by atoms with Crippen LogP contribution in [0.25, 0.3) is 6.08 Å². The molecule has 0 aliphatic carbocycles. The van der Waals surface area contributed by atoms with Gasteiger partial charge in [0.05, 0.1) is 6.61 Å². The van der Waals surface area contributed by atoms with Crippen molar-refractivity contribution < 1.29 is 14.6 Å². The van der Waals surface area contributed by atoms with E-state index < -0.39 is 6.10 Å². The highest BCUT2D eigenvalue weighted by atomic mass is 16.5. The Balaban J connectivity index is 1.94. The van der Waals surface area contributed by atoms with Gasteiger partial charge < -0.3 is 14.6 Å². The first-order valence-electron chi connectivity index (χ1n) is 11.4. The molecule has 1 aromatic rings. The Hall–Kier alpha value is -1.32. The van der Waals surface area contributed by atoms with Crippen molar-refractivity contribution in [3.05, 3.63) is 35.9 Å². The number of aliphatic hydroxyl groups excluding tert-OH is 1. The molecule has 1 N–H and O–H groups in total. The van der Waals surface area contributed by atoms with E-state index in [1.165, 1.54) is 64.2 Å². The van der Waals surface area contributed by atoms with Crippen molar-refractivity contribution in [1.29, 1.82) is 0 Å². The smallest absolute Gasteiger partial charge is 0.126 e. The van der Waals surface area contributed by atoms with E-state index in [4.69, 9.17) is 9.47 Å². The molecule has 0 aliphatic rings. The lowest BCUT2D eigenvalue weighted by atomic mass is 10.1. The molecule has 1 rings (SSSR count). The van der Waals surface area contributed by atoms with Crippen molar-refractivity contribution in [3.8, 4) is 5.75 Å². The lowest BCUT2D eigenvalue weighted by Crippen LogP contribution is -2.23. The van der Waals surface area contributed by atoms with Crippen LogP contribution in [0.1, 0.15) is 90.0 Å². The van der Waals surface area contributed by atoms with Crippen molar-refractivity contribution in [1.82, 2.24) is 0 Å². The second-order valence-electron chi connectivity index (χ2n) is 7.61. The van der Waals surface area contributed by atoms with Crippen molar-refractivity contribution in [2.75, 3.05) is 19.8 Å². The fraction of sp³-hybridized carbons (Fsp3) is 0.680. The topological polar surface area (TPSA) is 38.7 Å². The second-order valence-corrected chi connectivity index (χ2v) is 7.61. The zero-order valence-electron chi connectivity index (χ0n) is 18.2. The zero-order chi connectivity index (χ0) is 20.3. The molecule has 1 aromatic carbocycles. The molecule has 0 saturated carbocycles.